The third-order valence-corrected chi connectivity index (χ3v) is 3.36. The summed E-state index contributed by atoms with van der Waals surface area (Å²) in [5, 5.41) is 23.9. The summed E-state index contributed by atoms with van der Waals surface area (Å²) >= 11 is 11.7. The standard InChI is InChI=1S/C14H12Cl2N2O3/c1-21-13-5-8(4-12(19)14(13)20)7-17-18-9-2-3-10(15)11(16)6-9/h2-7,18-20H,1H3/b17-7+. The van der Waals surface area contributed by atoms with E-state index in [0.717, 1.165) is 0 Å². The van der Waals surface area contributed by atoms with Gasteiger partial charge in [-0.3, -0.25) is 5.43 Å². The first-order chi connectivity index (χ1) is 10.0. The first-order valence-electron chi connectivity index (χ1n) is 5.85. The Morgan fingerprint density at radius 2 is 1.90 bits per heavy atom. The minimum Gasteiger partial charge on any atom is -0.504 e. The van der Waals surface area contributed by atoms with Crippen LogP contribution in [-0.2, 0) is 0 Å². The number of anilines is 1. The Hall–Kier alpha value is -2.11. The van der Waals surface area contributed by atoms with Crippen molar-refractivity contribution in [2.45, 2.75) is 0 Å². The van der Waals surface area contributed by atoms with Crippen molar-refractivity contribution >= 4 is 35.1 Å². The summed E-state index contributed by atoms with van der Waals surface area (Å²) < 4.78 is 4.94. The molecule has 110 valence electrons. The lowest BCUT2D eigenvalue weighted by Crippen LogP contribution is -1.92. The van der Waals surface area contributed by atoms with Gasteiger partial charge in [-0.25, -0.2) is 0 Å². The van der Waals surface area contributed by atoms with Crippen molar-refractivity contribution in [2.24, 2.45) is 5.10 Å². The van der Waals surface area contributed by atoms with E-state index in [0.29, 0.717) is 21.3 Å². The molecule has 0 radical (unpaired) electrons. The lowest BCUT2D eigenvalue weighted by atomic mass is 10.2. The molecule has 0 saturated carbocycles. The van der Waals surface area contributed by atoms with Gasteiger partial charge in [0.2, 0.25) is 5.75 Å². The number of phenols is 2. The number of aromatic hydroxyl groups is 2. The van der Waals surface area contributed by atoms with Crippen LogP contribution in [0.1, 0.15) is 5.56 Å². The Morgan fingerprint density at radius 3 is 2.57 bits per heavy atom. The molecule has 0 aliphatic heterocycles. The predicted molar refractivity (Wildman–Crippen MR) is 84.0 cm³/mol. The van der Waals surface area contributed by atoms with Crippen LogP contribution in [0.2, 0.25) is 10.0 Å². The van der Waals surface area contributed by atoms with Crippen molar-refractivity contribution in [1.82, 2.24) is 0 Å². The number of ether oxygens (including phenoxy) is 1. The lowest BCUT2D eigenvalue weighted by Gasteiger charge is -2.06. The number of nitrogens with one attached hydrogen (secondary N) is 1. The molecule has 0 fully saturated rings. The van der Waals surface area contributed by atoms with Crippen LogP contribution in [0, 0.1) is 0 Å². The fraction of sp³-hybridized carbons (Fsp3) is 0.0714. The van der Waals surface area contributed by atoms with Crippen LogP contribution in [0.3, 0.4) is 0 Å². The van der Waals surface area contributed by atoms with Gasteiger partial charge in [0.05, 0.1) is 29.1 Å². The highest BCUT2D eigenvalue weighted by atomic mass is 35.5. The van der Waals surface area contributed by atoms with Crippen LogP contribution >= 0.6 is 23.2 Å². The molecule has 21 heavy (non-hydrogen) atoms. The number of hydrazone groups is 1. The predicted octanol–water partition coefficient (Wildman–Crippen LogP) is 3.86. The van der Waals surface area contributed by atoms with Gasteiger partial charge in [-0.05, 0) is 30.3 Å². The minimum atomic E-state index is -0.313. The molecule has 0 bridgehead atoms. The van der Waals surface area contributed by atoms with E-state index in [2.05, 4.69) is 10.5 Å². The molecule has 7 heteroatoms. The van der Waals surface area contributed by atoms with Gasteiger partial charge >= 0.3 is 0 Å². The van der Waals surface area contributed by atoms with E-state index in [4.69, 9.17) is 27.9 Å². The Morgan fingerprint density at radius 1 is 1.14 bits per heavy atom. The molecule has 0 aromatic heterocycles. The minimum absolute atomic E-state index is 0.158. The number of rotatable bonds is 4. The highest BCUT2D eigenvalue weighted by Gasteiger charge is 2.08. The second-order valence-corrected chi connectivity index (χ2v) is 4.90. The van der Waals surface area contributed by atoms with Gasteiger partial charge in [-0.2, -0.15) is 5.10 Å². The maximum atomic E-state index is 9.55. The topological polar surface area (TPSA) is 74.1 Å². The molecule has 0 aliphatic rings. The molecular weight excluding hydrogens is 315 g/mol. The third-order valence-electron chi connectivity index (χ3n) is 2.62. The normalized spacial score (nSPS) is 10.8. The number of methoxy groups -OCH3 is 1. The summed E-state index contributed by atoms with van der Waals surface area (Å²) in [6.45, 7) is 0. The van der Waals surface area contributed by atoms with Crippen LogP contribution in [0.25, 0.3) is 0 Å². The van der Waals surface area contributed by atoms with Crippen molar-refractivity contribution in [3.05, 3.63) is 45.9 Å². The smallest absolute Gasteiger partial charge is 0.200 e. The third kappa shape index (κ3) is 3.71. The highest BCUT2D eigenvalue weighted by Crippen LogP contribution is 2.35. The van der Waals surface area contributed by atoms with Crippen molar-refractivity contribution in [2.75, 3.05) is 12.5 Å². The maximum Gasteiger partial charge on any atom is 0.200 e. The van der Waals surface area contributed by atoms with Gasteiger partial charge in [0.1, 0.15) is 0 Å². The fourth-order valence-electron chi connectivity index (χ4n) is 1.59. The Kier molecular flexibility index (Phi) is 4.77. The monoisotopic (exact) mass is 326 g/mol. The molecule has 0 amide bonds. The number of halogens is 2. The maximum absolute atomic E-state index is 9.55. The molecular formula is C14H12Cl2N2O3. The summed E-state index contributed by atoms with van der Waals surface area (Å²) in [6.07, 6.45) is 1.46. The van der Waals surface area contributed by atoms with E-state index >= 15 is 0 Å². The number of benzene rings is 2. The Bertz CT molecular complexity index is 690. The van der Waals surface area contributed by atoms with Crippen LogP contribution in [0.4, 0.5) is 5.69 Å². The first kappa shape index (κ1) is 15.3. The summed E-state index contributed by atoms with van der Waals surface area (Å²) in [5.41, 5.74) is 3.99. The first-order valence-corrected chi connectivity index (χ1v) is 6.61. The summed E-state index contributed by atoms with van der Waals surface area (Å²) in [5.74, 6) is -0.441. The summed E-state index contributed by atoms with van der Waals surface area (Å²) in [7, 11) is 1.39. The van der Waals surface area contributed by atoms with E-state index in [1.165, 1.54) is 25.5 Å². The van der Waals surface area contributed by atoms with Gasteiger partial charge in [0.15, 0.2) is 11.5 Å². The lowest BCUT2D eigenvalue weighted by molar-refractivity contribution is 0.351. The van der Waals surface area contributed by atoms with Crippen molar-refractivity contribution < 1.29 is 14.9 Å². The second kappa shape index (κ2) is 6.56. The van der Waals surface area contributed by atoms with Gasteiger partial charge in [-0.15, -0.1) is 0 Å². The fourth-order valence-corrected chi connectivity index (χ4v) is 1.89. The van der Waals surface area contributed by atoms with Gasteiger partial charge in [0.25, 0.3) is 0 Å². The van der Waals surface area contributed by atoms with Crippen LogP contribution in [-0.4, -0.2) is 23.5 Å². The Labute approximate surface area is 131 Å². The van der Waals surface area contributed by atoms with Crippen molar-refractivity contribution in [1.29, 1.82) is 0 Å². The average molecular weight is 327 g/mol. The van der Waals surface area contributed by atoms with E-state index < -0.39 is 0 Å². The highest BCUT2D eigenvalue weighted by molar-refractivity contribution is 6.42. The van der Waals surface area contributed by atoms with E-state index in [-0.39, 0.29) is 17.2 Å². The molecule has 0 unspecified atom stereocenters. The molecule has 2 aromatic carbocycles. The van der Waals surface area contributed by atoms with Crippen LogP contribution in [0.15, 0.2) is 35.4 Å². The second-order valence-electron chi connectivity index (χ2n) is 4.09. The molecule has 2 aromatic rings. The molecule has 0 saturated heterocycles. The van der Waals surface area contributed by atoms with Gasteiger partial charge < -0.3 is 14.9 Å². The molecule has 2 rings (SSSR count). The summed E-state index contributed by atoms with van der Waals surface area (Å²) in [6, 6.07) is 7.90. The number of hydrogen-bond acceptors (Lipinski definition) is 5. The number of phenolic OH excluding ortho intramolecular Hbond substituents is 2. The van der Waals surface area contributed by atoms with E-state index in [9.17, 15) is 10.2 Å². The molecule has 0 spiro atoms. The van der Waals surface area contributed by atoms with E-state index in [1.54, 1.807) is 18.2 Å². The molecule has 0 aliphatic carbocycles. The van der Waals surface area contributed by atoms with Gasteiger partial charge in [-0.1, -0.05) is 23.2 Å². The molecule has 0 atom stereocenters. The number of nitrogens with zero attached hydrogens (tertiary/aromatic N) is 1. The zero-order valence-corrected chi connectivity index (χ0v) is 12.5. The van der Waals surface area contributed by atoms with E-state index in [1.807, 2.05) is 0 Å². The largest absolute Gasteiger partial charge is 0.504 e. The SMILES string of the molecule is COc1cc(/C=N/Nc2ccc(Cl)c(Cl)c2)cc(O)c1O. The van der Waals surface area contributed by atoms with Crippen LogP contribution < -0.4 is 10.2 Å². The Balaban J connectivity index is 2.14. The number of hydrogen-bond donors (Lipinski definition) is 3. The van der Waals surface area contributed by atoms with Crippen molar-refractivity contribution in [3.63, 3.8) is 0 Å². The molecule has 5 nitrogen and oxygen atoms in total. The zero-order valence-electron chi connectivity index (χ0n) is 11.0. The average Bonchev–Trinajstić information content (AvgIpc) is 2.46. The summed E-state index contributed by atoms with van der Waals surface area (Å²) in [4.78, 5) is 0. The zero-order chi connectivity index (χ0) is 15.4. The quantitative estimate of drug-likeness (QED) is 0.453. The molecule has 0 heterocycles. The molecule has 3 N–H and O–H groups in total. The van der Waals surface area contributed by atoms with Crippen LogP contribution in [0.5, 0.6) is 17.2 Å². The van der Waals surface area contributed by atoms with Crippen molar-refractivity contribution in [3.8, 4) is 17.2 Å². The van der Waals surface area contributed by atoms with Gasteiger partial charge in [0, 0.05) is 5.56 Å².